The molecular formula is C10H11N3O2S. The zero-order chi connectivity index (χ0) is 11.5. The molecule has 0 unspecified atom stereocenters. The Bertz CT molecular complexity index is 478. The minimum Gasteiger partial charge on any atom is -0.467 e. The van der Waals surface area contributed by atoms with Crippen LogP contribution in [0.25, 0.3) is 0 Å². The number of carbonyl (C=O) groups is 1. The Kier molecular flexibility index (Phi) is 3.00. The third-order valence-electron chi connectivity index (χ3n) is 2.17. The van der Waals surface area contributed by atoms with Crippen molar-refractivity contribution in [2.45, 2.75) is 13.5 Å². The minimum absolute atomic E-state index is 0.136. The van der Waals surface area contributed by atoms with E-state index in [4.69, 9.17) is 4.42 Å². The summed E-state index contributed by atoms with van der Waals surface area (Å²) in [4.78, 5) is 14.3. The van der Waals surface area contributed by atoms with Crippen molar-refractivity contribution in [1.29, 1.82) is 0 Å². The lowest BCUT2D eigenvalue weighted by atomic mass is 10.3. The van der Waals surface area contributed by atoms with Gasteiger partial charge in [-0.15, -0.1) is 5.10 Å². The van der Waals surface area contributed by atoms with Crippen molar-refractivity contribution in [3.63, 3.8) is 0 Å². The van der Waals surface area contributed by atoms with Gasteiger partial charge in [-0.1, -0.05) is 4.49 Å². The maximum absolute atomic E-state index is 11.9. The molecule has 0 N–H and O–H groups in total. The van der Waals surface area contributed by atoms with Crippen LogP contribution in [-0.2, 0) is 6.54 Å². The van der Waals surface area contributed by atoms with E-state index in [1.54, 1.807) is 24.3 Å². The van der Waals surface area contributed by atoms with E-state index in [1.807, 2.05) is 13.0 Å². The zero-order valence-corrected chi connectivity index (χ0v) is 9.82. The zero-order valence-electron chi connectivity index (χ0n) is 9.01. The molecule has 0 saturated heterocycles. The molecule has 0 radical (unpaired) electrons. The summed E-state index contributed by atoms with van der Waals surface area (Å²) in [7, 11) is 1.71. The van der Waals surface area contributed by atoms with Crippen molar-refractivity contribution in [1.82, 2.24) is 14.5 Å². The number of hydrogen-bond donors (Lipinski definition) is 0. The van der Waals surface area contributed by atoms with Crippen molar-refractivity contribution in [3.05, 3.63) is 34.7 Å². The first-order valence-electron chi connectivity index (χ1n) is 4.75. The first-order valence-corrected chi connectivity index (χ1v) is 5.52. The lowest BCUT2D eigenvalue weighted by Crippen LogP contribution is -2.26. The van der Waals surface area contributed by atoms with Crippen LogP contribution in [0.2, 0.25) is 0 Å². The van der Waals surface area contributed by atoms with Gasteiger partial charge in [-0.2, -0.15) is 0 Å². The smallest absolute Gasteiger partial charge is 0.275 e. The monoisotopic (exact) mass is 237 g/mol. The largest absolute Gasteiger partial charge is 0.467 e. The predicted molar refractivity (Wildman–Crippen MR) is 59.2 cm³/mol. The van der Waals surface area contributed by atoms with E-state index in [-0.39, 0.29) is 5.91 Å². The van der Waals surface area contributed by atoms with E-state index >= 15 is 0 Å². The van der Waals surface area contributed by atoms with E-state index in [0.29, 0.717) is 12.2 Å². The molecule has 2 aromatic rings. The van der Waals surface area contributed by atoms with Crippen LogP contribution >= 0.6 is 11.5 Å². The molecule has 0 bridgehead atoms. The fraction of sp³-hybridized carbons (Fsp3) is 0.300. The highest BCUT2D eigenvalue weighted by atomic mass is 32.1. The number of furan rings is 1. The molecule has 0 aliphatic carbocycles. The summed E-state index contributed by atoms with van der Waals surface area (Å²) >= 11 is 1.23. The molecule has 1 amide bonds. The fourth-order valence-corrected chi connectivity index (χ4v) is 1.78. The summed E-state index contributed by atoms with van der Waals surface area (Å²) in [5, 5.41) is 3.81. The molecular weight excluding hydrogens is 226 g/mol. The molecule has 0 spiro atoms. The highest BCUT2D eigenvalue weighted by Crippen LogP contribution is 2.12. The normalized spacial score (nSPS) is 10.4. The topological polar surface area (TPSA) is 59.2 Å². The van der Waals surface area contributed by atoms with Gasteiger partial charge < -0.3 is 9.32 Å². The molecule has 84 valence electrons. The van der Waals surface area contributed by atoms with Crippen molar-refractivity contribution in [3.8, 4) is 0 Å². The van der Waals surface area contributed by atoms with Gasteiger partial charge in [-0.3, -0.25) is 4.79 Å². The SMILES string of the molecule is Cc1snnc1C(=O)N(C)Cc1ccco1. The van der Waals surface area contributed by atoms with E-state index in [1.165, 1.54) is 11.5 Å². The number of nitrogens with zero attached hydrogens (tertiary/aromatic N) is 3. The second kappa shape index (κ2) is 4.44. The summed E-state index contributed by atoms with van der Waals surface area (Å²) < 4.78 is 8.92. The van der Waals surface area contributed by atoms with Crippen LogP contribution in [0.4, 0.5) is 0 Å². The van der Waals surface area contributed by atoms with Crippen LogP contribution in [0.3, 0.4) is 0 Å². The van der Waals surface area contributed by atoms with Gasteiger partial charge in [0.2, 0.25) is 0 Å². The van der Waals surface area contributed by atoms with E-state index < -0.39 is 0 Å². The first-order chi connectivity index (χ1) is 7.68. The molecule has 0 aliphatic heterocycles. The predicted octanol–water partition coefficient (Wildman–Crippen LogP) is 1.71. The Balaban J connectivity index is 2.08. The average Bonchev–Trinajstić information content (AvgIpc) is 2.88. The van der Waals surface area contributed by atoms with Crippen molar-refractivity contribution in [2.24, 2.45) is 0 Å². The third-order valence-corrected chi connectivity index (χ3v) is 2.80. The summed E-state index contributed by atoms with van der Waals surface area (Å²) in [5.41, 5.74) is 0.416. The number of amides is 1. The molecule has 0 saturated carbocycles. The summed E-state index contributed by atoms with van der Waals surface area (Å²) in [6.07, 6.45) is 1.59. The van der Waals surface area contributed by atoms with Gasteiger partial charge in [-0.25, -0.2) is 0 Å². The van der Waals surface area contributed by atoms with Crippen molar-refractivity contribution >= 4 is 17.4 Å². The maximum atomic E-state index is 11.9. The molecule has 0 aromatic carbocycles. The lowest BCUT2D eigenvalue weighted by molar-refractivity contribution is 0.0769. The van der Waals surface area contributed by atoms with Gasteiger partial charge in [0.25, 0.3) is 5.91 Å². The van der Waals surface area contributed by atoms with Gasteiger partial charge in [0.15, 0.2) is 5.69 Å². The molecule has 0 aliphatic rings. The standard InChI is InChI=1S/C10H11N3O2S/c1-7-9(11-12-16-7)10(14)13(2)6-8-4-3-5-15-8/h3-5H,6H2,1-2H3. The Morgan fingerprint density at radius 1 is 1.62 bits per heavy atom. The number of rotatable bonds is 3. The van der Waals surface area contributed by atoms with Crippen LogP contribution in [0, 0.1) is 6.92 Å². The first kappa shape index (κ1) is 10.8. The second-order valence-electron chi connectivity index (χ2n) is 3.42. The van der Waals surface area contributed by atoms with Gasteiger partial charge >= 0.3 is 0 Å². The van der Waals surface area contributed by atoms with Crippen LogP contribution in [-0.4, -0.2) is 27.4 Å². The maximum Gasteiger partial charge on any atom is 0.275 e. The molecule has 6 heteroatoms. The Morgan fingerprint density at radius 3 is 3.00 bits per heavy atom. The molecule has 16 heavy (non-hydrogen) atoms. The lowest BCUT2D eigenvalue weighted by Gasteiger charge is -2.14. The van der Waals surface area contributed by atoms with Crippen molar-refractivity contribution in [2.75, 3.05) is 7.05 Å². The molecule has 2 heterocycles. The van der Waals surface area contributed by atoms with E-state index in [9.17, 15) is 4.79 Å². The van der Waals surface area contributed by atoms with Gasteiger partial charge in [-0.05, 0) is 30.6 Å². The summed E-state index contributed by atoms with van der Waals surface area (Å²) in [6, 6.07) is 3.62. The average molecular weight is 237 g/mol. The molecule has 2 rings (SSSR count). The minimum atomic E-state index is -0.136. The Morgan fingerprint density at radius 2 is 2.44 bits per heavy atom. The number of aryl methyl sites for hydroxylation is 1. The van der Waals surface area contributed by atoms with E-state index in [0.717, 1.165) is 10.6 Å². The van der Waals surface area contributed by atoms with Crippen LogP contribution in [0.5, 0.6) is 0 Å². The van der Waals surface area contributed by atoms with Crippen molar-refractivity contribution < 1.29 is 9.21 Å². The van der Waals surface area contributed by atoms with Gasteiger partial charge in [0.05, 0.1) is 17.7 Å². The highest BCUT2D eigenvalue weighted by molar-refractivity contribution is 7.05. The Hall–Kier alpha value is -1.69. The molecule has 5 nitrogen and oxygen atoms in total. The van der Waals surface area contributed by atoms with Crippen LogP contribution in [0.1, 0.15) is 21.1 Å². The molecule has 2 aromatic heterocycles. The number of aromatic nitrogens is 2. The quantitative estimate of drug-likeness (QED) is 0.815. The second-order valence-corrected chi connectivity index (χ2v) is 4.38. The number of carbonyl (C=O) groups excluding carboxylic acids is 1. The molecule has 0 fully saturated rings. The van der Waals surface area contributed by atoms with Crippen LogP contribution in [0.15, 0.2) is 22.8 Å². The molecule has 0 atom stereocenters. The summed E-state index contributed by atoms with van der Waals surface area (Å²) in [5.74, 6) is 0.611. The Labute approximate surface area is 96.9 Å². The van der Waals surface area contributed by atoms with Gasteiger partial charge in [0, 0.05) is 7.05 Å². The van der Waals surface area contributed by atoms with E-state index in [2.05, 4.69) is 9.59 Å². The number of hydrogen-bond acceptors (Lipinski definition) is 5. The summed E-state index contributed by atoms with van der Waals surface area (Å²) in [6.45, 7) is 2.27. The third kappa shape index (κ3) is 2.11. The van der Waals surface area contributed by atoms with Gasteiger partial charge in [0.1, 0.15) is 5.76 Å². The van der Waals surface area contributed by atoms with Crippen LogP contribution < -0.4 is 0 Å². The fourth-order valence-electron chi connectivity index (χ4n) is 1.32. The highest BCUT2D eigenvalue weighted by Gasteiger charge is 2.18.